The van der Waals surface area contributed by atoms with Crippen LogP contribution in [-0.4, -0.2) is 28.8 Å². The van der Waals surface area contributed by atoms with Crippen molar-refractivity contribution in [3.8, 4) is 0 Å². The van der Waals surface area contributed by atoms with E-state index in [1.807, 2.05) is 13.0 Å². The second-order valence-electron chi connectivity index (χ2n) is 4.59. The number of rotatable bonds is 2. The number of hydrogen-bond acceptors (Lipinski definition) is 3. The fraction of sp³-hybridized carbons (Fsp3) is 0.308. The fourth-order valence-electron chi connectivity index (χ4n) is 1.98. The highest BCUT2D eigenvalue weighted by Gasteiger charge is 2.27. The molecule has 0 bridgehead atoms. The number of nitro benzene ring substituents is 1. The van der Waals surface area contributed by atoms with Gasteiger partial charge in [-0.15, -0.1) is 0 Å². The molecule has 1 aromatic rings. The predicted molar refractivity (Wildman–Crippen MR) is 67.3 cm³/mol. The maximum atomic E-state index is 13.2. The first kappa shape index (κ1) is 14.1. The summed E-state index contributed by atoms with van der Waals surface area (Å²) in [5, 5.41) is 10.9. The molecule has 0 spiro atoms. The van der Waals surface area contributed by atoms with Crippen LogP contribution in [0.3, 0.4) is 0 Å². The molecule has 0 radical (unpaired) electrons. The maximum Gasteiger partial charge on any atom is 0.285 e. The molecule has 0 saturated heterocycles. The van der Waals surface area contributed by atoms with E-state index in [1.165, 1.54) is 4.90 Å². The number of benzene rings is 1. The molecule has 106 valence electrons. The number of carbonyl (C=O) groups excluding carboxylic acids is 1. The van der Waals surface area contributed by atoms with Gasteiger partial charge in [-0.2, -0.15) is 0 Å². The third-order valence-electron chi connectivity index (χ3n) is 3.19. The molecule has 0 atom stereocenters. The fourth-order valence-corrected chi connectivity index (χ4v) is 1.98. The number of nitrogens with zero attached hydrogens (tertiary/aromatic N) is 2. The lowest BCUT2D eigenvalue weighted by Gasteiger charge is -2.25. The van der Waals surface area contributed by atoms with Crippen molar-refractivity contribution >= 4 is 11.6 Å². The van der Waals surface area contributed by atoms with Gasteiger partial charge < -0.3 is 4.90 Å². The summed E-state index contributed by atoms with van der Waals surface area (Å²) < 4.78 is 26.3. The van der Waals surface area contributed by atoms with E-state index in [2.05, 4.69) is 0 Å². The van der Waals surface area contributed by atoms with Crippen molar-refractivity contribution in [1.29, 1.82) is 0 Å². The third kappa shape index (κ3) is 2.66. The second-order valence-corrected chi connectivity index (χ2v) is 4.59. The highest BCUT2D eigenvalue weighted by atomic mass is 19.2. The zero-order valence-electron chi connectivity index (χ0n) is 10.7. The third-order valence-corrected chi connectivity index (χ3v) is 3.19. The van der Waals surface area contributed by atoms with Gasteiger partial charge in [0.2, 0.25) is 0 Å². The summed E-state index contributed by atoms with van der Waals surface area (Å²) in [6.45, 7) is 2.62. The Labute approximate surface area is 113 Å². The number of nitro groups is 1. The van der Waals surface area contributed by atoms with Crippen LogP contribution in [0.4, 0.5) is 14.5 Å². The molecule has 5 nitrogen and oxygen atoms in total. The van der Waals surface area contributed by atoms with Crippen LogP contribution in [0, 0.1) is 21.7 Å². The van der Waals surface area contributed by atoms with Gasteiger partial charge in [0, 0.05) is 13.1 Å². The highest BCUT2D eigenvalue weighted by molar-refractivity contribution is 5.98. The topological polar surface area (TPSA) is 63.5 Å². The number of hydrogen-bond donors (Lipinski definition) is 0. The molecule has 2 rings (SSSR count). The minimum atomic E-state index is -1.34. The summed E-state index contributed by atoms with van der Waals surface area (Å²) in [5.41, 5.74) is -0.0316. The monoisotopic (exact) mass is 282 g/mol. The summed E-state index contributed by atoms with van der Waals surface area (Å²) in [4.78, 5) is 23.5. The Morgan fingerprint density at radius 2 is 2.00 bits per heavy atom. The molecule has 0 saturated carbocycles. The molecule has 0 fully saturated rings. The second kappa shape index (κ2) is 5.36. The average molecular weight is 282 g/mol. The van der Waals surface area contributed by atoms with Crippen LogP contribution in [0.2, 0.25) is 0 Å². The summed E-state index contributed by atoms with van der Waals surface area (Å²) in [7, 11) is 0. The molecule has 0 aromatic heterocycles. The van der Waals surface area contributed by atoms with E-state index >= 15 is 0 Å². The van der Waals surface area contributed by atoms with Crippen molar-refractivity contribution in [2.24, 2.45) is 0 Å². The highest BCUT2D eigenvalue weighted by Crippen LogP contribution is 2.24. The van der Waals surface area contributed by atoms with Crippen molar-refractivity contribution in [1.82, 2.24) is 4.90 Å². The molecular formula is C13H12F2N2O3. The van der Waals surface area contributed by atoms with Gasteiger partial charge >= 0.3 is 0 Å². The van der Waals surface area contributed by atoms with E-state index in [0.29, 0.717) is 31.6 Å². The number of halogens is 2. The SMILES string of the molecule is CC1=CCN(C(=O)c2cc(F)c(F)cc2[N+](=O)[O-])CC1. The minimum Gasteiger partial charge on any atom is -0.334 e. The van der Waals surface area contributed by atoms with Gasteiger partial charge in [0.1, 0.15) is 5.56 Å². The van der Waals surface area contributed by atoms with Gasteiger partial charge in [-0.3, -0.25) is 14.9 Å². The molecule has 0 aliphatic carbocycles. The lowest BCUT2D eigenvalue weighted by Crippen LogP contribution is -2.35. The number of amides is 1. The lowest BCUT2D eigenvalue weighted by atomic mass is 10.1. The summed E-state index contributed by atoms with van der Waals surface area (Å²) in [5.74, 6) is -3.29. The molecule has 1 aromatic carbocycles. The first-order valence-corrected chi connectivity index (χ1v) is 5.98. The van der Waals surface area contributed by atoms with Crippen LogP contribution < -0.4 is 0 Å². The van der Waals surface area contributed by atoms with Crippen LogP contribution in [-0.2, 0) is 0 Å². The van der Waals surface area contributed by atoms with Gasteiger partial charge in [-0.25, -0.2) is 8.78 Å². The van der Waals surface area contributed by atoms with Crippen LogP contribution in [0.15, 0.2) is 23.8 Å². The zero-order chi connectivity index (χ0) is 14.9. The van der Waals surface area contributed by atoms with E-state index in [0.717, 1.165) is 5.57 Å². The quantitative estimate of drug-likeness (QED) is 0.476. The maximum absolute atomic E-state index is 13.2. The molecule has 0 unspecified atom stereocenters. The van der Waals surface area contributed by atoms with Crippen molar-refractivity contribution in [3.05, 3.63) is 51.1 Å². The van der Waals surface area contributed by atoms with Gasteiger partial charge in [0.05, 0.1) is 11.0 Å². The Hall–Kier alpha value is -2.31. The Morgan fingerprint density at radius 3 is 2.55 bits per heavy atom. The Bertz CT molecular complexity index is 614. The van der Waals surface area contributed by atoms with Crippen molar-refractivity contribution in [2.45, 2.75) is 13.3 Å². The minimum absolute atomic E-state index is 0.306. The largest absolute Gasteiger partial charge is 0.334 e. The van der Waals surface area contributed by atoms with Gasteiger partial charge in [0.15, 0.2) is 11.6 Å². The first-order valence-electron chi connectivity index (χ1n) is 5.98. The van der Waals surface area contributed by atoms with E-state index in [-0.39, 0.29) is 0 Å². The van der Waals surface area contributed by atoms with E-state index < -0.39 is 33.7 Å². The summed E-state index contributed by atoms with van der Waals surface area (Å²) in [6, 6.07) is 1.02. The van der Waals surface area contributed by atoms with E-state index in [4.69, 9.17) is 0 Å². The van der Waals surface area contributed by atoms with E-state index in [1.54, 1.807) is 0 Å². The van der Waals surface area contributed by atoms with E-state index in [9.17, 15) is 23.7 Å². The van der Waals surface area contributed by atoms with Gasteiger partial charge in [-0.1, -0.05) is 11.6 Å². The van der Waals surface area contributed by atoms with Crippen molar-refractivity contribution in [3.63, 3.8) is 0 Å². The summed E-state index contributed by atoms with van der Waals surface area (Å²) >= 11 is 0. The number of carbonyl (C=O) groups is 1. The molecular weight excluding hydrogens is 270 g/mol. The molecule has 1 amide bonds. The van der Waals surface area contributed by atoms with Crippen LogP contribution in [0.1, 0.15) is 23.7 Å². The summed E-state index contributed by atoms with van der Waals surface area (Å²) in [6.07, 6.45) is 2.48. The Morgan fingerprint density at radius 1 is 1.35 bits per heavy atom. The first-order chi connectivity index (χ1) is 9.40. The molecule has 7 heteroatoms. The normalized spacial score (nSPS) is 14.9. The molecule has 1 heterocycles. The molecule has 20 heavy (non-hydrogen) atoms. The van der Waals surface area contributed by atoms with Crippen LogP contribution in [0.5, 0.6) is 0 Å². The Balaban J connectivity index is 2.39. The standard InChI is InChI=1S/C13H12F2N2O3/c1-8-2-4-16(5-3-8)13(18)9-6-10(14)11(15)7-12(9)17(19)20/h2,6-7H,3-5H2,1H3. The Kier molecular flexibility index (Phi) is 3.78. The van der Waals surface area contributed by atoms with Crippen molar-refractivity contribution < 1.29 is 18.5 Å². The average Bonchev–Trinajstić information content (AvgIpc) is 2.41. The predicted octanol–water partition coefficient (Wildman–Crippen LogP) is 2.67. The lowest BCUT2D eigenvalue weighted by molar-refractivity contribution is -0.385. The van der Waals surface area contributed by atoms with Crippen LogP contribution in [0.25, 0.3) is 0 Å². The zero-order valence-corrected chi connectivity index (χ0v) is 10.7. The smallest absolute Gasteiger partial charge is 0.285 e. The molecule has 1 aliphatic heterocycles. The molecule has 0 N–H and O–H groups in total. The van der Waals surface area contributed by atoms with Gasteiger partial charge in [0.25, 0.3) is 11.6 Å². The van der Waals surface area contributed by atoms with Crippen LogP contribution >= 0.6 is 0 Å². The molecule has 1 aliphatic rings. The van der Waals surface area contributed by atoms with Gasteiger partial charge in [-0.05, 0) is 19.4 Å². The van der Waals surface area contributed by atoms with Crippen molar-refractivity contribution in [2.75, 3.05) is 13.1 Å².